The number of hydrogen-bond acceptors (Lipinski definition) is 4. The van der Waals surface area contributed by atoms with Crippen molar-refractivity contribution in [3.8, 4) is 5.75 Å². The maximum Gasteiger partial charge on any atom is 0.328 e. The van der Waals surface area contributed by atoms with E-state index in [1.54, 1.807) is 0 Å². The Morgan fingerprint density at radius 1 is 1.03 bits per heavy atom. The molecule has 1 heterocycles. The van der Waals surface area contributed by atoms with Crippen molar-refractivity contribution in [2.24, 2.45) is 0 Å². The molecule has 0 spiro atoms. The van der Waals surface area contributed by atoms with Gasteiger partial charge in [0.2, 0.25) is 0 Å². The monoisotopic (exact) mass is 461 g/mol. The van der Waals surface area contributed by atoms with E-state index in [1.165, 1.54) is 5.56 Å². The summed E-state index contributed by atoms with van der Waals surface area (Å²) in [6.07, 6.45) is 2.42. The van der Waals surface area contributed by atoms with Gasteiger partial charge in [0.25, 0.3) is 0 Å². The summed E-state index contributed by atoms with van der Waals surface area (Å²) in [7, 11) is 2.19. The SMILES string of the molecule is CN1CC[C@@H](Oc2ccc(Br)cc2)[C@H](c2ccccc2)C1.O=C(O)C=CC(=O)O. The maximum atomic E-state index is 9.55. The molecule has 0 aromatic heterocycles. The Morgan fingerprint density at radius 2 is 1.62 bits per heavy atom. The molecule has 2 atom stereocenters. The maximum absolute atomic E-state index is 9.55. The zero-order valence-electron chi connectivity index (χ0n) is 16.1. The molecule has 0 radical (unpaired) electrons. The van der Waals surface area contributed by atoms with Crippen molar-refractivity contribution in [3.63, 3.8) is 0 Å². The number of aliphatic carboxylic acids is 2. The second kappa shape index (κ2) is 11.4. The molecule has 2 aromatic carbocycles. The third-order valence-corrected chi connectivity index (χ3v) is 4.98. The van der Waals surface area contributed by atoms with Crippen molar-refractivity contribution in [2.45, 2.75) is 18.4 Å². The van der Waals surface area contributed by atoms with Gasteiger partial charge in [-0.1, -0.05) is 46.3 Å². The zero-order valence-corrected chi connectivity index (χ0v) is 17.7. The predicted molar refractivity (Wildman–Crippen MR) is 114 cm³/mol. The van der Waals surface area contributed by atoms with Gasteiger partial charge in [0.15, 0.2) is 0 Å². The van der Waals surface area contributed by atoms with Crippen LogP contribution in [0.3, 0.4) is 0 Å². The van der Waals surface area contributed by atoms with Gasteiger partial charge in [0.05, 0.1) is 0 Å². The average Bonchev–Trinajstić information content (AvgIpc) is 2.70. The minimum Gasteiger partial charge on any atom is -0.490 e. The van der Waals surface area contributed by atoms with Crippen LogP contribution < -0.4 is 4.74 Å². The fourth-order valence-electron chi connectivity index (χ4n) is 3.09. The smallest absolute Gasteiger partial charge is 0.328 e. The molecule has 1 saturated heterocycles. The number of likely N-dealkylation sites (tertiary alicyclic amines) is 1. The molecule has 1 fully saturated rings. The lowest BCUT2D eigenvalue weighted by molar-refractivity contribution is -0.134. The second-order valence-corrected chi connectivity index (χ2v) is 7.60. The van der Waals surface area contributed by atoms with Crippen LogP contribution in [-0.2, 0) is 9.59 Å². The normalized spacial score (nSPS) is 19.2. The molecular weight excluding hydrogens is 438 g/mol. The fraction of sp³-hybridized carbons (Fsp3) is 0.273. The van der Waals surface area contributed by atoms with Gasteiger partial charge in [0, 0.05) is 35.6 Å². The molecule has 2 N–H and O–H groups in total. The molecule has 1 aliphatic rings. The Hall–Kier alpha value is -2.64. The summed E-state index contributed by atoms with van der Waals surface area (Å²) in [5, 5.41) is 15.6. The number of nitrogens with zero attached hydrogens (tertiary/aromatic N) is 1. The van der Waals surface area contributed by atoms with Gasteiger partial charge in [-0.05, 0) is 43.3 Å². The van der Waals surface area contributed by atoms with Crippen molar-refractivity contribution in [1.29, 1.82) is 0 Å². The first kappa shape index (κ1) is 22.6. The van der Waals surface area contributed by atoms with Gasteiger partial charge < -0.3 is 19.8 Å². The summed E-state index contributed by atoms with van der Waals surface area (Å²) in [6, 6.07) is 18.8. The molecule has 2 aromatic rings. The van der Waals surface area contributed by atoms with Crippen LogP contribution in [0.5, 0.6) is 5.75 Å². The van der Waals surface area contributed by atoms with Crippen LogP contribution >= 0.6 is 15.9 Å². The van der Waals surface area contributed by atoms with Crippen molar-refractivity contribution in [1.82, 2.24) is 4.90 Å². The number of hydrogen-bond donors (Lipinski definition) is 2. The van der Waals surface area contributed by atoms with Gasteiger partial charge in [-0.25, -0.2) is 9.59 Å². The highest BCUT2D eigenvalue weighted by Gasteiger charge is 2.30. The molecular formula is C22H24BrNO5. The number of rotatable bonds is 5. The molecule has 6 nitrogen and oxygen atoms in total. The van der Waals surface area contributed by atoms with E-state index >= 15 is 0 Å². The Balaban J connectivity index is 0.000000321. The molecule has 0 amide bonds. The highest BCUT2D eigenvalue weighted by Crippen LogP contribution is 2.30. The number of carbonyl (C=O) groups is 2. The molecule has 29 heavy (non-hydrogen) atoms. The quantitative estimate of drug-likeness (QED) is 0.653. The summed E-state index contributed by atoms with van der Waals surface area (Å²) in [6.45, 7) is 2.13. The van der Waals surface area contributed by atoms with Crippen LogP contribution in [0.25, 0.3) is 0 Å². The molecule has 154 valence electrons. The van der Waals surface area contributed by atoms with Crippen molar-refractivity contribution in [2.75, 3.05) is 20.1 Å². The highest BCUT2D eigenvalue weighted by molar-refractivity contribution is 9.10. The summed E-state index contributed by atoms with van der Waals surface area (Å²) < 4.78 is 7.36. The number of piperidine rings is 1. The highest BCUT2D eigenvalue weighted by atomic mass is 79.9. The lowest BCUT2D eigenvalue weighted by Gasteiger charge is -2.37. The van der Waals surface area contributed by atoms with Crippen LogP contribution in [0.4, 0.5) is 0 Å². The van der Waals surface area contributed by atoms with E-state index in [-0.39, 0.29) is 6.10 Å². The second-order valence-electron chi connectivity index (χ2n) is 6.69. The van der Waals surface area contributed by atoms with Gasteiger partial charge in [-0.3, -0.25) is 0 Å². The van der Waals surface area contributed by atoms with E-state index in [4.69, 9.17) is 14.9 Å². The molecule has 0 saturated carbocycles. The first-order chi connectivity index (χ1) is 13.8. The van der Waals surface area contributed by atoms with E-state index in [2.05, 4.69) is 58.2 Å². The number of carboxylic acid groups (broad SMARTS) is 2. The number of halogens is 1. The van der Waals surface area contributed by atoms with Crippen LogP contribution in [0.2, 0.25) is 0 Å². The number of likely N-dealkylation sites (N-methyl/N-ethyl adjacent to an activating group) is 1. The standard InChI is InChI=1S/C18H20BrNO.C4H4O4/c1-20-12-11-18(21-16-9-7-15(19)8-10-16)17(13-20)14-5-3-2-4-6-14;5-3(6)1-2-4(7)8/h2-10,17-18H,11-13H2,1H3;1-2H,(H,5,6)(H,7,8)/t17-,18+;/m0./s1. The van der Waals surface area contributed by atoms with Gasteiger partial charge >= 0.3 is 11.9 Å². The zero-order chi connectivity index (χ0) is 21.2. The van der Waals surface area contributed by atoms with Gasteiger partial charge in [-0.2, -0.15) is 0 Å². The predicted octanol–water partition coefficient (Wildman–Crippen LogP) is 4.03. The van der Waals surface area contributed by atoms with E-state index in [0.29, 0.717) is 18.1 Å². The Kier molecular flexibility index (Phi) is 8.89. The van der Waals surface area contributed by atoms with Crippen LogP contribution in [0.15, 0.2) is 71.2 Å². The third-order valence-electron chi connectivity index (χ3n) is 4.45. The minimum atomic E-state index is -1.26. The molecule has 0 aliphatic carbocycles. The number of benzene rings is 2. The minimum absolute atomic E-state index is 0.241. The Labute approximate surface area is 178 Å². The Bertz CT molecular complexity index is 807. The summed E-state index contributed by atoms with van der Waals surface area (Å²) in [5.41, 5.74) is 1.37. The molecule has 0 bridgehead atoms. The summed E-state index contributed by atoms with van der Waals surface area (Å²) >= 11 is 3.46. The summed E-state index contributed by atoms with van der Waals surface area (Å²) in [5.74, 6) is -1.14. The molecule has 3 rings (SSSR count). The molecule has 1 aliphatic heterocycles. The average molecular weight is 462 g/mol. The van der Waals surface area contributed by atoms with Crippen molar-refractivity contribution >= 4 is 27.9 Å². The van der Waals surface area contributed by atoms with Crippen LogP contribution in [-0.4, -0.2) is 53.3 Å². The van der Waals surface area contributed by atoms with Crippen LogP contribution in [0.1, 0.15) is 17.9 Å². The molecule has 0 unspecified atom stereocenters. The van der Waals surface area contributed by atoms with E-state index in [0.717, 1.165) is 29.7 Å². The fourth-order valence-corrected chi connectivity index (χ4v) is 3.35. The van der Waals surface area contributed by atoms with Crippen LogP contribution in [0, 0.1) is 0 Å². The lowest BCUT2D eigenvalue weighted by atomic mass is 9.88. The topological polar surface area (TPSA) is 87.1 Å². The third kappa shape index (κ3) is 8.09. The van der Waals surface area contributed by atoms with E-state index in [9.17, 15) is 9.59 Å². The molecule has 7 heteroatoms. The van der Waals surface area contributed by atoms with Crippen molar-refractivity contribution < 1.29 is 24.5 Å². The lowest BCUT2D eigenvalue weighted by Crippen LogP contribution is -2.42. The first-order valence-electron chi connectivity index (χ1n) is 9.15. The largest absolute Gasteiger partial charge is 0.490 e. The number of ether oxygens (including phenoxy) is 1. The van der Waals surface area contributed by atoms with Crippen molar-refractivity contribution in [3.05, 3.63) is 76.8 Å². The van der Waals surface area contributed by atoms with E-state index < -0.39 is 11.9 Å². The number of carboxylic acids is 2. The van der Waals surface area contributed by atoms with Gasteiger partial charge in [-0.15, -0.1) is 0 Å². The Morgan fingerprint density at radius 3 is 2.17 bits per heavy atom. The van der Waals surface area contributed by atoms with E-state index in [1.807, 2.05) is 24.3 Å². The first-order valence-corrected chi connectivity index (χ1v) is 9.94. The van der Waals surface area contributed by atoms with Gasteiger partial charge in [0.1, 0.15) is 11.9 Å². The summed E-state index contributed by atoms with van der Waals surface area (Å²) in [4.78, 5) is 21.5.